The van der Waals surface area contributed by atoms with Crippen LogP contribution in [0.1, 0.15) is 12.5 Å². The predicted molar refractivity (Wildman–Crippen MR) is 74.4 cm³/mol. The van der Waals surface area contributed by atoms with Crippen molar-refractivity contribution in [3.8, 4) is 0 Å². The van der Waals surface area contributed by atoms with Crippen molar-refractivity contribution in [2.45, 2.75) is 12.2 Å². The summed E-state index contributed by atoms with van der Waals surface area (Å²) in [6, 6.07) is 7.79. The number of nitrogens with one attached hydrogen (secondary N) is 1. The summed E-state index contributed by atoms with van der Waals surface area (Å²) in [7, 11) is 0. The summed E-state index contributed by atoms with van der Waals surface area (Å²) in [6.07, 6.45) is 1.72. The first-order valence-electron chi connectivity index (χ1n) is 4.99. The molecule has 1 aromatic rings. The minimum Gasteiger partial charge on any atom is -0.272 e. The molecule has 0 saturated carbocycles. The number of hydrogen-bond donors (Lipinski definition) is 1. The lowest BCUT2D eigenvalue weighted by atomic mass is 10.2. The van der Waals surface area contributed by atoms with Gasteiger partial charge in [0, 0.05) is 10.7 Å². The molecule has 1 aromatic carbocycles. The van der Waals surface area contributed by atoms with Crippen molar-refractivity contribution in [2.75, 3.05) is 0 Å². The number of benzene rings is 1. The summed E-state index contributed by atoms with van der Waals surface area (Å²) >= 11 is 4.72. The number of carbonyl (C=O) groups is 1. The maximum atomic E-state index is 11.2. The third kappa shape index (κ3) is 3.41. The first-order chi connectivity index (χ1) is 8.15. The van der Waals surface area contributed by atoms with Gasteiger partial charge < -0.3 is 0 Å². The van der Waals surface area contributed by atoms with Crippen molar-refractivity contribution in [3.05, 3.63) is 34.3 Å². The van der Waals surface area contributed by atoms with Crippen molar-refractivity contribution in [3.63, 3.8) is 0 Å². The summed E-state index contributed by atoms with van der Waals surface area (Å²) in [5.74, 6) is -0.0856. The van der Waals surface area contributed by atoms with Crippen LogP contribution in [0.5, 0.6) is 0 Å². The van der Waals surface area contributed by atoms with Gasteiger partial charge in [-0.15, -0.1) is 5.10 Å². The quantitative estimate of drug-likeness (QED) is 0.810. The topological polar surface area (TPSA) is 53.8 Å². The molecule has 4 nitrogen and oxygen atoms in total. The maximum Gasteiger partial charge on any atom is 0.253 e. The van der Waals surface area contributed by atoms with E-state index in [0.717, 1.165) is 10.0 Å². The molecule has 1 aliphatic rings. The molecule has 6 heteroatoms. The average molecular weight is 312 g/mol. The van der Waals surface area contributed by atoms with Crippen molar-refractivity contribution in [2.24, 2.45) is 10.1 Å². The smallest absolute Gasteiger partial charge is 0.253 e. The summed E-state index contributed by atoms with van der Waals surface area (Å²) in [5, 5.41) is 4.29. The number of halogens is 1. The minimum atomic E-state index is -0.149. The van der Waals surface area contributed by atoms with E-state index < -0.39 is 0 Å². The number of carbonyl (C=O) groups excluding carboxylic acids is 1. The van der Waals surface area contributed by atoms with Gasteiger partial charge in [-0.25, -0.2) is 10.4 Å². The van der Waals surface area contributed by atoms with Gasteiger partial charge in [-0.3, -0.25) is 4.79 Å². The van der Waals surface area contributed by atoms with Gasteiger partial charge in [-0.2, -0.15) is 0 Å². The Hall–Kier alpha value is -1.14. The van der Waals surface area contributed by atoms with Crippen LogP contribution in [-0.2, 0) is 4.79 Å². The molecule has 1 amide bonds. The highest BCUT2D eigenvalue weighted by molar-refractivity contribution is 9.10. The second-order valence-electron chi connectivity index (χ2n) is 3.44. The lowest BCUT2D eigenvalue weighted by Gasteiger charge is -2.13. The van der Waals surface area contributed by atoms with E-state index in [-0.39, 0.29) is 11.2 Å². The van der Waals surface area contributed by atoms with Gasteiger partial charge in [0.2, 0.25) is 5.17 Å². The van der Waals surface area contributed by atoms with Crippen LogP contribution in [0.15, 0.2) is 38.8 Å². The molecule has 0 radical (unpaired) electrons. The SMILES string of the molecule is C[C@@H]1SC(N=Cc2ccc(Br)cc2)=NNC1=O. The Morgan fingerprint density at radius 2 is 2.18 bits per heavy atom. The minimum absolute atomic E-state index is 0.0856. The highest BCUT2D eigenvalue weighted by atomic mass is 79.9. The van der Waals surface area contributed by atoms with Crippen LogP contribution in [0.3, 0.4) is 0 Å². The molecule has 0 saturated heterocycles. The summed E-state index contributed by atoms with van der Waals surface area (Å²) in [4.78, 5) is 15.4. The Bertz CT molecular complexity index is 484. The lowest BCUT2D eigenvalue weighted by molar-refractivity contribution is -0.120. The largest absolute Gasteiger partial charge is 0.272 e. The Morgan fingerprint density at radius 3 is 2.82 bits per heavy atom. The fourth-order valence-electron chi connectivity index (χ4n) is 1.17. The number of thioether (sulfide) groups is 1. The molecule has 2 rings (SSSR count). The molecule has 1 atom stereocenters. The number of amidine groups is 1. The predicted octanol–water partition coefficient (Wildman–Crippen LogP) is 2.39. The Labute approximate surface area is 112 Å². The Morgan fingerprint density at radius 1 is 1.47 bits per heavy atom. The van der Waals surface area contributed by atoms with Crippen LogP contribution in [-0.4, -0.2) is 22.5 Å². The van der Waals surface area contributed by atoms with Gasteiger partial charge in [0.25, 0.3) is 5.91 Å². The normalized spacial score (nSPS) is 20.2. The van der Waals surface area contributed by atoms with Crippen LogP contribution in [0.4, 0.5) is 0 Å². The van der Waals surface area contributed by atoms with Crippen LogP contribution < -0.4 is 5.43 Å². The molecule has 0 spiro atoms. The number of aliphatic imine (C=N–C) groups is 1. The van der Waals surface area contributed by atoms with Crippen LogP contribution in [0, 0.1) is 0 Å². The van der Waals surface area contributed by atoms with E-state index >= 15 is 0 Å². The second-order valence-corrected chi connectivity index (χ2v) is 5.66. The molecule has 0 bridgehead atoms. The average Bonchev–Trinajstić information content (AvgIpc) is 2.33. The lowest BCUT2D eigenvalue weighted by Crippen LogP contribution is -2.32. The summed E-state index contributed by atoms with van der Waals surface area (Å²) in [5.41, 5.74) is 3.42. The van der Waals surface area contributed by atoms with Crippen molar-refractivity contribution >= 4 is 45.0 Å². The standard InChI is InChI=1S/C11H10BrN3OS/c1-7-10(16)14-15-11(17-7)13-6-8-2-4-9(12)5-3-8/h2-7H,1H3,(H,14,16)/t7-/m0/s1. The fourth-order valence-corrected chi connectivity index (χ4v) is 2.12. The second kappa shape index (κ2) is 5.46. The number of rotatable bonds is 1. The third-order valence-electron chi connectivity index (χ3n) is 2.11. The van der Waals surface area contributed by atoms with Crippen molar-refractivity contribution in [1.82, 2.24) is 5.43 Å². The maximum absolute atomic E-state index is 11.2. The highest BCUT2D eigenvalue weighted by Crippen LogP contribution is 2.17. The molecule has 0 aliphatic carbocycles. The van der Waals surface area contributed by atoms with E-state index in [2.05, 4.69) is 31.4 Å². The zero-order valence-electron chi connectivity index (χ0n) is 9.05. The number of nitrogens with zero attached hydrogens (tertiary/aromatic N) is 2. The van der Waals surface area contributed by atoms with E-state index in [1.807, 2.05) is 31.2 Å². The first kappa shape index (κ1) is 12.3. The zero-order chi connectivity index (χ0) is 12.3. The van der Waals surface area contributed by atoms with Crippen molar-refractivity contribution < 1.29 is 4.79 Å². The van der Waals surface area contributed by atoms with Crippen LogP contribution in [0.2, 0.25) is 0 Å². The van der Waals surface area contributed by atoms with E-state index in [9.17, 15) is 4.79 Å². The van der Waals surface area contributed by atoms with E-state index in [4.69, 9.17) is 0 Å². The van der Waals surface area contributed by atoms with E-state index in [0.29, 0.717) is 5.17 Å². The molecule has 0 unspecified atom stereocenters. The molecule has 1 aliphatic heterocycles. The van der Waals surface area contributed by atoms with Gasteiger partial charge in [0.15, 0.2) is 0 Å². The van der Waals surface area contributed by atoms with Gasteiger partial charge in [-0.1, -0.05) is 39.8 Å². The van der Waals surface area contributed by atoms with Gasteiger partial charge in [0.05, 0.1) is 5.25 Å². The van der Waals surface area contributed by atoms with Crippen molar-refractivity contribution in [1.29, 1.82) is 0 Å². The van der Waals surface area contributed by atoms with E-state index in [1.54, 1.807) is 6.21 Å². The molecular formula is C11H10BrN3OS. The summed E-state index contributed by atoms with van der Waals surface area (Å²) < 4.78 is 1.03. The van der Waals surface area contributed by atoms with Gasteiger partial charge >= 0.3 is 0 Å². The highest BCUT2D eigenvalue weighted by Gasteiger charge is 2.20. The molecule has 88 valence electrons. The molecule has 1 heterocycles. The Balaban J connectivity index is 2.06. The summed E-state index contributed by atoms with van der Waals surface area (Å²) in [6.45, 7) is 1.82. The van der Waals surface area contributed by atoms with Crippen LogP contribution >= 0.6 is 27.7 Å². The molecule has 0 fully saturated rings. The molecule has 17 heavy (non-hydrogen) atoms. The molecule has 0 aromatic heterocycles. The fraction of sp³-hybridized carbons (Fsp3) is 0.182. The van der Waals surface area contributed by atoms with Gasteiger partial charge in [-0.05, 0) is 24.6 Å². The monoisotopic (exact) mass is 311 g/mol. The zero-order valence-corrected chi connectivity index (χ0v) is 11.5. The van der Waals surface area contributed by atoms with Crippen LogP contribution in [0.25, 0.3) is 0 Å². The first-order valence-corrected chi connectivity index (χ1v) is 6.66. The third-order valence-corrected chi connectivity index (χ3v) is 3.61. The molecular weight excluding hydrogens is 302 g/mol. The Kier molecular flexibility index (Phi) is 3.96. The molecule has 1 N–H and O–H groups in total. The number of hydrazone groups is 1. The number of hydrogen-bond acceptors (Lipinski definition) is 4. The number of amides is 1. The van der Waals surface area contributed by atoms with Gasteiger partial charge in [0.1, 0.15) is 0 Å². The van der Waals surface area contributed by atoms with E-state index in [1.165, 1.54) is 11.8 Å².